The van der Waals surface area contributed by atoms with Gasteiger partial charge >= 0.3 is 5.97 Å². The third-order valence-electron chi connectivity index (χ3n) is 2.62. The lowest BCUT2D eigenvalue weighted by Gasteiger charge is -2.07. The van der Waals surface area contributed by atoms with Gasteiger partial charge in [-0.15, -0.1) is 0 Å². The molecule has 0 heterocycles. The molecule has 0 aliphatic carbocycles. The van der Waals surface area contributed by atoms with E-state index in [-0.39, 0.29) is 11.3 Å². The number of carboxylic acid groups (broad SMARTS) is 1. The van der Waals surface area contributed by atoms with Crippen LogP contribution in [0.2, 0.25) is 0 Å². The summed E-state index contributed by atoms with van der Waals surface area (Å²) in [5.41, 5.74) is -0.386. The number of carboxylic acids is 1. The van der Waals surface area contributed by atoms with E-state index in [1.54, 1.807) is 0 Å². The first-order valence-electron chi connectivity index (χ1n) is 5.55. The molecule has 20 heavy (non-hydrogen) atoms. The fraction of sp³-hybridized carbons (Fsp3) is 0.364. The lowest BCUT2D eigenvalue weighted by Crippen LogP contribution is -2.19. The van der Waals surface area contributed by atoms with Gasteiger partial charge in [0.1, 0.15) is 10.7 Å². The monoisotopic (exact) mass is 324 g/mol. The molecule has 1 aromatic rings. The van der Waals surface area contributed by atoms with Gasteiger partial charge in [-0.25, -0.2) is 26.0 Å². The van der Waals surface area contributed by atoms with E-state index in [4.69, 9.17) is 5.11 Å². The van der Waals surface area contributed by atoms with Crippen molar-refractivity contribution in [3.05, 3.63) is 29.6 Å². The van der Waals surface area contributed by atoms with Crippen molar-refractivity contribution in [2.75, 3.05) is 17.3 Å². The van der Waals surface area contributed by atoms with Crippen molar-refractivity contribution in [1.29, 1.82) is 0 Å². The number of sulfone groups is 2. The van der Waals surface area contributed by atoms with Gasteiger partial charge in [0.05, 0.1) is 17.1 Å². The molecule has 0 saturated carbocycles. The Kier molecular flexibility index (Phi) is 4.87. The summed E-state index contributed by atoms with van der Waals surface area (Å²) in [5, 5.41) is 8.75. The molecule has 0 saturated heterocycles. The van der Waals surface area contributed by atoms with Crippen molar-refractivity contribution in [3.63, 3.8) is 0 Å². The van der Waals surface area contributed by atoms with Crippen LogP contribution in [0.3, 0.4) is 0 Å². The minimum atomic E-state index is -4.21. The Morgan fingerprint density at radius 3 is 2.30 bits per heavy atom. The van der Waals surface area contributed by atoms with E-state index in [1.807, 2.05) is 0 Å². The lowest BCUT2D eigenvalue weighted by molar-refractivity contribution is 0.0696. The molecule has 6 nitrogen and oxygen atoms in total. The molecular formula is C11H13FO6S2. The lowest BCUT2D eigenvalue weighted by atomic mass is 10.2. The maximum atomic E-state index is 13.5. The highest BCUT2D eigenvalue weighted by molar-refractivity contribution is 7.95. The number of hydrogen-bond donors (Lipinski definition) is 1. The molecule has 0 radical (unpaired) electrons. The van der Waals surface area contributed by atoms with Gasteiger partial charge in [-0.1, -0.05) is 6.92 Å². The van der Waals surface area contributed by atoms with Gasteiger partial charge in [-0.2, -0.15) is 0 Å². The molecule has 0 spiro atoms. The number of halogens is 1. The summed E-state index contributed by atoms with van der Waals surface area (Å²) in [6.07, 6.45) is 0. The number of rotatable bonds is 6. The molecule has 0 amide bonds. The fourth-order valence-corrected chi connectivity index (χ4v) is 4.44. The first-order chi connectivity index (χ1) is 9.09. The molecule has 0 aromatic heterocycles. The van der Waals surface area contributed by atoms with Crippen molar-refractivity contribution in [3.8, 4) is 0 Å². The number of carbonyl (C=O) groups is 1. The van der Waals surface area contributed by atoms with E-state index in [9.17, 15) is 26.0 Å². The molecule has 0 fully saturated rings. The van der Waals surface area contributed by atoms with Crippen LogP contribution < -0.4 is 0 Å². The van der Waals surface area contributed by atoms with Crippen LogP contribution in [-0.2, 0) is 19.7 Å². The third kappa shape index (κ3) is 4.01. The van der Waals surface area contributed by atoms with Crippen LogP contribution in [0.25, 0.3) is 0 Å². The third-order valence-corrected chi connectivity index (χ3v) is 6.30. The number of benzene rings is 1. The summed E-state index contributed by atoms with van der Waals surface area (Å²) in [7, 11) is -7.73. The zero-order valence-corrected chi connectivity index (χ0v) is 12.2. The van der Waals surface area contributed by atoms with Crippen LogP contribution >= 0.6 is 0 Å². The highest BCUT2D eigenvalue weighted by Crippen LogP contribution is 2.18. The summed E-state index contributed by atoms with van der Waals surface area (Å²) in [5.74, 6) is -4.15. The van der Waals surface area contributed by atoms with Crippen LogP contribution in [-0.4, -0.2) is 45.2 Å². The molecular weight excluding hydrogens is 311 g/mol. The standard InChI is InChI=1S/C11H13FO6S2/c1-2-19(15,16)5-6-20(17,18)10-7-8(11(13)14)3-4-9(10)12/h3-4,7H,2,5-6H2,1H3,(H,13,14). The van der Waals surface area contributed by atoms with Crippen LogP contribution in [0.1, 0.15) is 17.3 Å². The molecule has 1 rings (SSSR count). The molecule has 0 atom stereocenters. The van der Waals surface area contributed by atoms with Crippen molar-refractivity contribution >= 4 is 25.6 Å². The summed E-state index contributed by atoms with van der Waals surface area (Å²) in [6, 6.07) is 2.34. The molecule has 0 aliphatic heterocycles. The normalized spacial score (nSPS) is 12.3. The summed E-state index contributed by atoms with van der Waals surface area (Å²) >= 11 is 0. The second-order valence-electron chi connectivity index (χ2n) is 4.01. The average molecular weight is 324 g/mol. The Hall–Kier alpha value is -1.48. The topological polar surface area (TPSA) is 106 Å². The fourth-order valence-electron chi connectivity index (χ4n) is 1.37. The Labute approximate surface area is 116 Å². The summed E-state index contributed by atoms with van der Waals surface area (Å²) in [6.45, 7) is 1.37. The highest BCUT2D eigenvalue weighted by atomic mass is 32.2. The predicted molar refractivity (Wildman–Crippen MR) is 69.7 cm³/mol. The molecule has 1 N–H and O–H groups in total. The van der Waals surface area contributed by atoms with Crippen LogP contribution in [0.4, 0.5) is 4.39 Å². The second kappa shape index (κ2) is 5.88. The predicted octanol–water partition coefficient (Wildman–Crippen LogP) is 0.732. The number of aromatic carboxylic acids is 1. The maximum Gasteiger partial charge on any atom is 0.335 e. The minimum absolute atomic E-state index is 0.222. The van der Waals surface area contributed by atoms with Crippen molar-refractivity contribution in [2.45, 2.75) is 11.8 Å². The van der Waals surface area contributed by atoms with E-state index in [2.05, 4.69) is 0 Å². The van der Waals surface area contributed by atoms with Crippen LogP contribution in [0.15, 0.2) is 23.1 Å². The van der Waals surface area contributed by atoms with Crippen molar-refractivity contribution in [2.24, 2.45) is 0 Å². The van der Waals surface area contributed by atoms with E-state index in [0.717, 1.165) is 12.1 Å². The zero-order chi connectivity index (χ0) is 15.6. The van der Waals surface area contributed by atoms with Crippen LogP contribution in [0.5, 0.6) is 0 Å². The Morgan fingerprint density at radius 2 is 1.80 bits per heavy atom. The first kappa shape index (κ1) is 16.6. The Balaban J connectivity index is 3.16. The smallest absolute Gasteiger partial charge is 0.335 e. The minimum Gasteiger partial charge on any atom is -0.478 e. The number of hydrogen-bond acceptors (Lipinski definition) is 5. The average Bonchev–Trinajstić information content (AvgIpc) is 2.37. The zero-order valence-electron chi connectivity index (χ0n) is 10.5. The molecule has 112 valence electrons. The maximum absolute atomic E-state index is 13.5. The second-order valence-corrected chi connectivity index (χ2v) is 8.56. The van der Waals surface area contributed by atoms with Gasteiger partial charge in [0.2, 0.25) is 0 Å². The highest BCUT2D eigenvalue weighted by Gasteiger charge is 2.23. The Bertz CT molecular complexity index is 721. The van der Waals surface area contributed by atoms with Gasteiger partial charge in [0.25, 0.3) is 0 Å². The largest absolute Gasteiger partial charge is 0.478 e. The first-order valence-corrected chi connectivity index (χ1v) is 9.02. The quantitative estimate of drug-likeness (QED) is 0.827. The molecule has 9 heteroatoms. The Morgan fingerprint density at radius 1 is 1.20 bits per heavy atom. The van der Waals surface area contributed by atoms with Gasteiger partial charge in [-0.05, 0) is 18.2 Å². The van der Waals surface area contributed by atoms with Gasteiger partial charge in [-0.3, -0.25) is 0 Å². The van der Waals surface area contributed by atoms with E-state index >= 15 is 0 Å². The van der Waals surface area contributed by atoms with E-state index in [0.29, 0.717) is 6.07 Å². The van der Waals surface area contributed by atoms with Crippen LogP contribution in [0, 0.1) is 5.82 Å². The van der Waals surface area contributed by atoms with Crippen molar-refractivity contribution < 1.29 is 31.1 Å². The summed E-state index contributed by atoms with van der Waals surface area (Å²) < 4.78 is 59.9. The molecule has 0 aliphatic rings. The van der Waals surface area contributed by atoms with Gasteiger partial charge in [0, 0.05) is 5.75 Å². The summed E-state index contributed by atoms with van der Waals surface area (Å²) in [4.78, 5) is 9.94. The van der Waals surface area contributed by atoms with Crippen molar-refractivity contribution in [1.82, 2.24) is 0 Å². The van der Waals surface area contributed by atoms with Gasteiger partial charge in [0.15, 0.2) is 19.7 Å². The van der Waals surface area contributed by atoms with E-state index in [1.165, 1.54) is 6.92 Å². The molecule has 0 bridgehead atoms. The molecule has 0 unspecified atom stereocenters. The van der Waals surface area contributed by atoms with E-state index < -0.39 is 47.9 Å². The van der Waals surface area contributed by atoms with Gasteiger partial charge < -0.3 is 5.11 Å². The molecule has 1 aromatic carbocycles. The SMILES string of the molecule is CCS(=O)(=O)CCS(=O)(=O)c1cc(C(=O)O)ccc1F.